The molecule has 0 spiro atoms. The molecule has 2 aromatic carbocycles. The first kappa shape index (κ1) is 14.8. The van der Waals surface area contributed by atoms with Crippen molar-refractivity contribution in [2.75, 3.05) is 5.32 Å². The van der Waals surface area contributed by atoms with Crippen molar-refractivity contribution >= 4 is 27.5 Å². The van der Waals surface area contributed by atoms with E-state index in [1.165, 1.54) is 5.56 Å². The molecular weight excluding hydrogens is 314 g/mol. The van der Waals surface area contributed by atoms with Crippen molar-refractivity contribution in [3.8, 4) is 0 Å². The molecule has 3 heteroatoms. The smallest absolute Gasteiger partial charge is 0.256 e. The van der Waals surface area contributed by atoms with Crippen LogP contribution in [0.3, 0.4) is 0 Å². The number of nitrogens with one attached hydrogen (secondary N) is 1. The van der Waals surface area contributed by atoms with Gasteiger partial charge in [-0.1, -0.05) is 24.3 Å². The van der Waals surface area contributed by atoms with Crippen LogP contribution in [0.2, 0.25) is 0 Å². The highest BCUT2D eigenvalue weighted by Crippen LogP contribution is 2.28. The maximum atomic E-state index is 12.5. The Kier molecular flexibility index (Phi) is 4.29. The lowest BCUT2D eigenvalue weighted by Gasteiger charge is -2.14. The molecule has 0 fully saturated rings. The van der Waals surface area contributed by atoms with Gasteiger partial charge in [0, 0.05) is 10.0 Å². The Labute approximate surface area is 128 Å². The van der Waals surface area contributed by atoms with Gasteiger partial charge in [0.1, 0.15) is 0 Å². The molecule has 2 nitrogen and oxygen atoms in total. The lowest BCUT2D eigenvalue weighted by molar-refractivity contribution is 0.102. The molecule has 0 radical (unpaired) electrons. The van der Waals surface area contributed by atoms with E-state index in [0.29, 0.717) is 0 Å². The molecule has 2 aromatic rings. The van der Waals surface area contributed by atoms with Crippen molar-refractivity contribution in [3.05, 3.63) is 62.6 Å². The van der Waals surface area contributed by atoms with Crippen LogP contribution in [0, 0.1) is 27.7 Å². The average molecular weight is 332 g/mol. The SMILES string of the molecule is Cc1cc(C)c(NC(=O)c2c(C)cccc2C)c(Br)c1. The number of halogens is 1. The molecule has 2 rings (SSSR count). The van der Waals surface area contributed by atoms with E-state index in [-0.39, 0.29) is 5.91 Å². The van der Waals surface area contributed by atoms with Gasteiger partial charge in [0.25, 0.3) is 5.91 Å². The Morgan fingerprint density at radius 2 is 1.60 bits per heavy atom. The second-order valence-electron chi connectivity index (χ2n) is 5.16. The van der Waals surface area contributed by atoms with E-state index >= 15 is 0 Å². The zero-order valence-electron chi connectivity index (χ0n) is 12.2. The van der Waals surface area contributed by atoms with Crippen LogP contribution in [0.15, 0.2) is 34.8 Å². The number of hydrogen-bond acceptors (Lipinski definition) is 1. The van der Waals surface area contributed by atoms with E-state index in [9.17, 15) is 4.79 Å². The summed E-state index contributed by atoms with van der Waals surface area (Å²) in [6, 6.07) is 9.95. The average Bonchev–Trinajstić information content (AvgIpc) is 2.33. The molecule has 0 saturated heterocycles. The Balaban J connectivity index is 2.38. The van der Waals surface area contributed by atoms with Gasteiger partial charge in [-0.05, 0) is 71.9 Å². The van der Waals surface area contributed by atoms with E-state index < -0.39 is 0 Å². The molecule has 0 bridgehead atoms. The highest BCUT2D eigenvalue weighted by atomic mass is 79.9. The van der Waals surface area contributed by atoms with Crippen LogP contribution in [0.4, 0.5) is 5.69 Å². The molecule has 0 aliphatic carbocycles. The molecule has 0 atom stereocenters. The standard InChI is InChI=1S/C17H18BrNO/c1-10-8-13(4)16(14(18)9-10)19-17(20)15-11(2)6-5-7-12(15)3/h5-9H,1-4H3,(H,19,20). The number of hydrogen-bond donors (Lipinski definition) is 1. The summed E-state index contributed by atoms with van der Waals surface area (Å²) in [5.74, 6) is -0.0618. The summed E-state index contributed by atoms with van der Waals surface area (Å²) in [7, 11) is 0. The third-order valence-electron chi connectivity index (χ3n) is 3.38. The number of carbonyl (C=O) groups is 1. The maximum absolute atomic E-state index is 12.5. The van der Waals surface area contributed by atoms with E-state index in [1.54, 1.807) is 0 Å². The number of aryl methyl sites for hydroxylation is 4. The van der Waals surface area contributed by atoms with Crippen LogP contribution in [0.1, 0.15) is 32.6 Å². The van der Waals surface area contributed by atoms with Crippen LogP contribution < -0.4 is 5.32 Å². The minimum atomic E-state index is -0.0618. The molecule has 20 heavy (non-hydrogen) atoms. The van der Waals surface area contributed by atoms with E-state index in [4.69, 9.17) is 0 Å². The number of amides is 1. The van der Waals surface area contributed by atoms with Gasteiger partial charge >= 0.3 is 0 Å². The quantitative estimate of drug-likeness (QED) is 0.830. The number of benzene rings is 2. The van der Waals surface area contributed by atoms with Crippen LogP contribution in [0.5, 0.6) is 0 Å². The van der Waals surface area contributed by atoms with Crippen molar-refractivity contribution in [2.45, 2.75) is 27.7 Å². The van der Waals surface area contributed by atoms with Crippen LogP contribution >= 0.6 is 15.9 Å². The molecule has 1 amide bonds. The first-order chi connectivity index (χ1) is 9.40. The fourth-order valence-corrected chi connectivity index (χ4v) is 3.20. The van der Waals surface area contributed by atoms with Gasteiger partial charge in [0.05, 0.1) is 5.69 Å². The highest BCUT2D eigenvalue weighted by Gasteiger charge is 2.14. The molecule has 0 saturated carbocycles. The second kappa shape index (κ2) is 5.80. The second-order valence-corrected chi connectivity index (χ2v) is 6.01. The van der Waals surface area contributed by atoms with Crippen molar-refractivity contribution in [1.82, 2.24) is 0 Å². The minimum Gasteiger partial charge on any atom is -0.321 e. The number of carbonyl (C=O) groups excluding carboxylic acids is 1. The summed E-state index contributed by atoms with van der Waals surface area (Å²) in [5, 5.41) is 3.02. The molecule has 0 aromatic heterocycles. The van der Waals surface area contributed by atoms with E-state index in [2.05, 4.69) is 27.3 Å². The molecule has 104 valence electrons. The van der Waals surface area contributed by atoms with Gasteiger partial charge < -0.3 is 5.32 Å². The molecular formula is C17H18BrNO. The van der Waals surface area contributed by atoms with Crippen molar-refractivity contribution in [1.29, 1.82) is 0 Å². The lowest BCUT2D eigenvalue weighted by Crippen LogP contribution is -2.16. The Morgan fingerprint density at radius 1 is 1.00 bits per heavy atom. The third kappa shape index (κ3) is 2.93. The molecule has 0 heterocycles. The first-order valence-electron chi connectivity index (χ1n) is 6.54. The largest absolute Gasteiger partial charge is 0.321 e. The molecule has 0 aliphatic rings. The van der Waals surface area contributed by atoms with Gasteiger partial charge in [0.2, 0.25) is 0 Å². The summed E-state index contributed by atoms with van der Waals surface area (Å²) in [6.07, 6.45) is 0. The number of anilines is 1. The summed E-state index contributed by atoms with van der Waals surface area (Å²) in [6.45, 7) is 7.95. The van der Waals surface area contributed by atoms with E-state index in [0.717, 1.165) is 32.4 Å². The zero-order chi connectivity index (χ0) is 14.9. The predicted molar refractivity (Wildman–Crippen MR) is 87.5 cm³/mol. The fraction of sp³-hybridized carbons (Fsp3) is 0.235. The van der Waals surface area contributed by atoms with Crippen LogP contribution in [-0.2, 0) is 0 Å². The van der Waals surface area contributed by atoms with Gasteiger partial charge in [0.15, 0.2) is 0 Å². The molecule has 0 unspecified atom stereocenters. The van der Waals surface area contributed by atoms with Gasteiger partial charge in [-0.25, -0.2) is 0 Å². The maximum Gasteiger partial charge on any atom is 0.256 e. The Hall–Kier alpha value is -1.61. The van der Waals surface area contributed by atoms with Crippen molar-refractivity contribution < 1.29 is 4.79 Å². The molecule has 0 aliphatic heterocycles. The van der Waals surface area contributed by atoms with Gasteiger partial charge in [-0.2, -0.15) is 0 Å². The normalized spacial score (nSPS) is 10.4. The summed E-state index contributed by atoms with van der Waals surface area (Å²) in [5.41, 5.74) is 5.78. The summed E-state index contributed by atoms with van der Waals surface area (Å²) >= 11 is 3.52. The van der Waals surface area contributed by atoms with E-state index in [1.807, 2.05) is 52.0 Å². The first-order valence-corrected chi connectivity index (χ1v) is 7.33. The lowest BCUT2D eigenvalue weighted by atomic mass is 10.0. The fourth-order valence-electron chi connectivity index (χ4n) is 2.42. The molecule has 1 N–H and O–H groups in total. The Bertz CT molecular complexity index is 633. The van der Waals surface area contributed by atoms with Crippen molar-refractivity contribution in [3.63, 3.8) is 0 Å². The van der Waals surface area contributed by atoms with Gasteiger partial charge in [-0.3, -0.25) is 4.79 Å². The monoisotopic (exact) mass is 331 g/mol. The summed E-state index contributed by atoms with van der Waals surface area (Å²) < 4.78 is 0.912. The van der Waals surface area contributed by atoms with Crippen LogP contribution in [-0.4, -0.2) is 5.91 Å². The highest BCUT2D eigenvalue weighted by molar-refractivity contribution is 9.10. The topological polar surface area (TPSA) is 29.1 Å². The third-order valence-corrected chi connectivity index (χ3v) is 4.00. The predicted octanol–water partition coefficient (Wildman–Crippen LogP) is 4.94. The van der Waals surface area contributed by atoms with Crippen molar-refractivity contribution in [2.24, 2.45) is 0 Å². The van der Waals surface area contributed by atoms with Crippen LogP contribution in [0.25, 0.3) is 0 Å². The Morgan fingerprint density at radius 3 is 2.15 bits per heavy atom. The summed E-state index contributed by atoms with van der Waals surface area (Å²) in [4.78, 5) is 12.5. The van der Waals surface area contributed by atoms with Gasteiger partial charge in [-0.15, -0.1) is 0 Å². The minimum absolute atomic E-state index is 0.0618. The zero-order valence-corrected chi connectivity index (χ0v) is 13.8. The number of rotatable bonds is 2.